The van der Waals surface area contributed by atoms with E-state index in [-0.39, 0.29) is 5.54 Å². The van der Waals surface area contributed by atoms with Gasteiger partial charge in [0.05, 0.1) is 0 Å². The van der Waals surface area contributed by atoms with Gasteiger partial charge in [0, 0.05) is 12.1 Å². The molecule has 2 aliphatic carbocycles. The maximum Gasteiger partial charge on any atom is 0.0166 e. The number of nitrogens with zero attached hydrogens (tertiary/aromatic N) is 1. The van der Waals surface area contributed by atoms with E-state index in [9.17, 15) is 0 Å². The summed E-state index contributed by atoms with van der Waals surface area (Å²) in [4.78, 5) is 2.59. The first-order valence-electron chi connectivity index (χ1n) is 6.23. The van der Waals surface area contributed by atoms with Crippen molar-refractivity contribution in [3.63, 3.8) is 0 Å². The fourth-order valence-electron chi connectivity index (χ4n) is 2.31. The second-order valence-corrected chi connectivity index (χ2v) is 5.30. The van der Waals surface area contributed by atoms with Crippen LogP contribution in [0.4, 0.5) is 0 Å². The second-order valence-electron chi connectivity index (χ2n) is 5.30. The molecule has 0 atom stereocenters. The van der Waals surface area contributed by atoms with Crippen LogP contribution in [-0.2, 0) is 0 Å². The van der Waals surface area contributed by atoms with Crippen molar-refractivity contribution in [3.05, 3.63) is 0 Å². The Hall–Kier alpha value is -0.0800. The Morgan fingerprint density at radius 2 is 2.07 bits per heavy atom. The standard InChI is InChI=1S/C12H24N2/c1-2-14(10-11-4-5-11)9-8-12(13)6-3-7-12/h11H,2-10,13H2,1H3. The summed E-state index contributed by atoms with van der Waals surface area (Å²) in [5.74, 6) is 1.02. The maximum atomic E-state index is 6.23. The molecule has 0 heterocycles. The summed E-state index contributed by atoms with van der Waals surface area (Å²) >= 11 is 0. The Labute approximate surface area is 87.8 Å². The third-order valence-electron chi connectivity index (χ3n) is 3.94. The molecule has 0 radical (unpaired) electrons. The van der Waals surface area contributed by atoms with Gasteiger partial charge in [-0.25, -0.2) is 0 Å². The lowest BCUT2D eigenvalue weighted by molar-refractivity contribution is 0.181. The van der Waals surface area contributed by atoms with Crippen LogP contribution < -0.4 is 5.73 Å². The molecule has 82 valence electrons. The normalized spacial score (nSPS) is 25.1. The zero-order valence-electron chi connectivity index (χ0n) is 9.47. The van der Waals surface area contributed by atoms with E-state index < -0.39 is 0 Å². The number of rotatable bonds is 6. The van der Waals surface area contributed by atoms with Gasteiger partial charge in [-0.3, -0.25) is 0 Å². The van der Waals surface area contributed by atoms with Crippen molar-refractivity contribution in [1.29, 1.82) is 0 Å². The Morgan fingerprint density at radius 3 is 2.50 bits per heavy atom. The van der Waals surface area contributed by atoms with Crippen LogP contribution in [0.5, 0.6) is 0 Å². The molecule has 2 fully saturated rings. The van der Waals surface area contributed by atoms with Crippen LogP contribution in [0.2, 0.25) is 0 Å². The first kappa shape index (κ1) is 10.4. The van der Waals surface area contributed by atoms with Gasteiger partial charge in [0.25, 0.3) is 0 Å². The summed E-state index contributed by atoms with van der Waals surface area (Å²) in [5, 5.41) is 0. The van der Waals surface area contributed by atoms with Crippen LogP contribution in [0.25, 0.3) is 0 Å². The van der Waals surface area contributed by atoms with E-state index in [1.165, 1.54) is 58.2 Å². The third-order valence-corrected chi connectivity index (χ3v) is 3.94. The Balaban J connectivity index is 1.65. The molecule has 0 aromatic carbocycles. The van der Waals surface area contributed by atoms with Crippen molar-refractivity contribution >= 4 is 0 Å². The molecule has 0 saturated heterocycles. The molecule has 2 N–H and O–H groups in total. The van der Waals surface area contributed by atoms with Gasteiger partial charge in [0.15, 0.2) is 0 Å². The van der Waals surface area contributed by atoms with E-state index in [2.05, 4.69) is 11.8 Å². The number of nitrogens with two attached hydrogens (primary N) is 1. The van der Waals surface area contributed by atoms with Crippen molar-refractivity contribution < 1.29 is 0 Å². The smallest absolute Gasteiger partial charge is 0.0166 e. The highest BCUT2D eigenvalue weighted by molar-refractivity contribution is 4.93. The SMILES string of the molecule is CCN(CCC1(N)CCC1)CC1CC1. The topological polar surface area (TPSA) is 29.3 Å². The molecule has 2 heteroatoms. The second kappa shape index (κ2) is 4.19. The number of hydrogen-bond donors (Lipinski definition) is 1. The van der Waals surface area contributed by atoms with Crippen molar-refractivity contribution in [3.8, 4) is 0 Å². The van der Waals surface area contributed by atoms with Gasteiger partial charge in [0.1, 0.15) is 0 Å². The summed E-state index contributed by atoms with van der Waals surface area (Å²) < 4.78 is 0. The lowest BCUT2D eigenvalue weighted by Gasteiger charge is -2.39. The average molecular weight is 196 g/mol. The van der Waals surface area contributed by atoms with Crippen LogP contribution >= 0.6 is 0 Å². The predicted molar refractivity (Wildman–Crippen MR) is 60.2 cm³/mol. The number of hydrogen-bond acceptors (Lipinski definition) is 2. The van der Waals surface area contributed by atoms with Crippen molar-refractivity contribution in [1.82, 2.24) is 4.90 Å². The lowest BCUT2D eigenvalue weighted by Crippen LogP contribution is -2.48. The molecular formula is C12H24N2. The Bertz CT molecular complexity index is 183. The van der Waals surface area contributed by atoms with E-state index in [1.54, 1.807) is 0 Å². The van der Waals surface area contributed by atoms with Crippen LogP contribution in [0.15, 0.2) is 0 Å². The summed E-state index contributed by atoms with van der Waals surface area (Å²) in [7, 11) is 0. The van der Waals surface area contributed by atoms with E-state index >= 15 is 0 Å². The van der Waals surface area contributed by atoms with Gasteiger partial charge in [-0.15, -0.1) is 0 Å². The van der Waals surface area contributed by atoms with Crippen LogP contribution in [-0.4, -0.2) is 30.1 Å². The molecule has 14 heavy (non-hydrogen) atoms. The first-order valence-corrected chi connectivity index (χ1v) is 6.23. The zero-order chi connectivity index (χ0) is 10.0. The van der Waals surface area contributed by atoms with Gasteiger partial charge in [-0.1, -0.05) is 6.92 Å². The molecule has 0 aromatic heterocycles. The largest absolute Gasteiger partial charge is 0.325 e. The molecule has 0 bridgehead atoms. The lowest BCUT2D eigenvalue weighted by atomic mass is 9.75. The van der Waals surface area contributed by atoms with Crippen molar-refractivity contribution in [2.24, 2.45) is 11.7 Å². The third kappa shape index (κ3) is 2.71. The van der Waals surface area contributed by atoms with Crippen LogP contribution in [0.1, 0.15) is 45.4 Å². The maximum absolute atomic E-state index is 6.23. The highest BCUT2D eigenvalue weighted by Gasteiger charge is 2.32. The van der Waals surface area contributed by atoms with Crippen molar-refractivity contribution in [2.45, 2.75) is 51.0 Å². The molecule has 0 spiro atoms. The molecule has 0 unspecified atom stereocenters. The fraction of sp³-hybridized carbons (Fsp3) is 1.00. The van der Waals surface area contributed by atoms with Gasteiger partial charge in [0.2, 0.25) is 0 Å². The molecular weight excluding hydrogens is 172 g/mol. The summed E-state index contributed by atoms with van der Waals surface area (Å²) in [6.07, 6.45) is 8.01. The van der Waals surface area contributed by atoms with E-state index in [4.69, 9.17) is 5.73 Å². The molecule has 0 amide bonds. The van der Waals surface area contributed by atoms with Crippen LogP contribution in [0, 0.1) is 5.92 Å². The van der Waals surface area contributed by atoms with E-state index in [0.717, 1.165) is 5.92 Å². The molecule has 0 aliphatic heterocycles. The molecule has 0 aromatic rings. The first-order chi connectivity index (χ1) is 6.72. The fourth-order valence-corrected chi connectivity index (χ4v) is 2.31. The van der Waals surface area contributed by atoms with E-state index in [1.807, 2.05) is 0 Å². The molecule has 2 saturated carbocycles. The van der Waals surface area contributed by atoms with E-state index in [0.29, 0.717) is 0 Å². The quantitative estimate of drug-likeness (QED) is 0.704. The van der Waals surface area contributed by atoms with Crippen molar-refractivity contribution in [2.75, 3.05) is 19.6 Å². The van der Waals surface area contributed by atoms with Gasteiger partial charge < -0.3 is 10.6 Å². The average Bonchev–Trinajstić information content (AvgIpc) is 2.92. The molecule has 2 aliphatic rings. The minimum Gasteiger partial charge on any atom is -0.325 e. The highest BCUT2D eigenvalue weighted by atomic mass is 15.1. The zero-order valence-corrected chi connectivity index (χ0v) is 9.47. The highest BCUT2D eigenvalue weighted by Crippen LogP contribution is 2.33. The summed E-state index contributed by atoms with van der Waals surface area (Å²) in [6, 6.07) is 0. The predicted octanol–water partition coefficient (Wildman–Crippen LogP) is 1.99. The minimum atomic E-state index is 0.219. The summed E-state index contributed by atoms with van der Waals surface area (Å²) in [5.41, 5.74) is 6.44. The Kier molecular flexibility index (Phi) is 3.13. The minimum absolute atomic E-state index is 0.219. The molecule has 2 rings (SSSR count). The van der Waals surface area contributed by atoms with Gasteiger partial charge in [-0.05, 0) is 57.5 Å². The van der Waals surface area contributed by atoms with Crippen LogP contribution in [0.3, 0.4) is 0 Å². The Morgan fingerprint density at radius 1 is 1.36 bits per heavy atom. The monoisotopic (exact) mass is 196 g/mol. The van der Waals surface area contributed by atoms with Gasteiger partial charge in [-0.2, -0.15) is 0 Å². The summed E-state index contributed by atoms with van der Waals surface area (Å²) in [6.45, 7) is 6.02. The van der Waals surface area contributed by atoms with Gasteiger partial charge >= 0.3 is 0 Å². The molecule has 2 nitrogen and oxygen atoms in total.